The van der Waals surface area contributed by atoms with Crippen LogP contribution in [0.25, 0.3) is 22.4 Å². The van der Waals surface area contributed by atoms with Crippen molar-refractivity contribution in [3.8, 4) is 11.4 Å². The van der Waals surface area contributed by atoms with Gasteiger partial charge >= 0.3 is 0 Å². The van der Waals surface area contributed by atoms with E-state index in [0.717, 1.165) is 34.5 Å². The van der Waals surface area contributed by atoms with Crippen LogP contribution in [0.5, 0.6) is 0 Å². The topological polar surface area (TPSA) is 57.8 Å². The van der Waals surface area contributed by atoms with Crippen molar-refractivity contribution in [1.29, 1.82) is 0 Å². The van der Waals surface area contributed by atoms with E-state index in [1.165, 1.54) is 0 Å². The van der Waals surface area contributed by atoms with Gasteiger partial charge in [-0.3, -0.25) is 4.79 Å². The molecule has 0 aliphatic rings. The highest BCUT2D eigenvalue weighted by Crippen LogP contribution is 2.23. The highest BCUT2D eigenvalue weighted by molar-refractivity contribution is 5.91. The zero-order valence-corrected chi connectivity index (χ0v) is 11.9. The lowest BCUT2D eigenvalue weighted by Gasteiger charge is -2.05. The lowest BCUT2D eigenvalue weighted by Crippen LogP contribution is -2.10. The molecule has 0 bridgehead atoms. The van der Waals surface area contributed by atoms with Crippen molar-refractivity contribution in [3.63, 3.8) is 0 Å². The molecule has 1 heterocycles. The molecule has 1 amide bonds. The maximum absolute atomic E-state index is 11.7. The number of H-pyrrole nitrogens is 1. The van der Waals surface area contributed by atoms with Gasteiger partial charge in [0, 0.05) is 17.7 Å². The van der Waals surface area contributed by atoms with Crippen LogP contribution in [0.15, 0.2) is 48.5 Å². The highest BCUT2D eigenvalue weighted by Gasteiger charge is 2.06. The molecule has 0 atom stereocenters. The monoisotopic (exact) mass is 279 g/mol. The maximum Gasteiger partial charge on any atom is 0.224 e. The predicted molar refractivity (Wildman–Crippen MR) is 85.1 cm³/mol. The van der Waals surface area contributed by atoms with Crippen LogP contribution >= 0.6 is 0 Å². The number of hydrogen-bond acceptors (Lipinski definition) is 2. The van der Waals surface area contributed by atoms with Crippen molar-refractivity contribution < 1.29 is 4.79 Å². The van der Waals surface area contributed by atoms with Crippen molar-refractivity contribution in [3.05, 3.63) is 48.5 Å². The molecule has 0 aliphatic heterocycles. The molecule has 4 heteroatoms. The Hall–Kier alpha value is -2.62. The summed E-state index contributed by atoms with van der Waals surface area (Å²) in [5, 5.41) is 2.91. The van der Waals surface area contributed by atoms with Gasteiger partial charge in [-0.1, -0.05) is 31.2 Å². The van der Waals surface area contributed by atoms with E-state index in [-0.39, 0.29) is 5.91 Å². The summed E-state index contributed by atoms with van der Waals surface area (Å²) in [6.07, 6.45) is 1.38. The summed E-state index contributed by atoms with van der Waals surface area (Å²) in [7, 11) is 0. The van der Waals surface area contributed by atoms with E-state index in [0.29, 0.717) is 6.42 Å². The van der Waals surface area contributed by atoms with Gasteiger partial charge in [0.1, 0.15) is 5.82 Å². The summed E-state index contributed by atoms with van der Waals surface area (Å²) < 4.78 is 0. The van der Waals surface area contributed by atoms with Gasteiger partial charge in [0.15, 0.2) is 0 Å². The van der Waals surface area contributed by atoms with E-state index in [9.17, 15) is 4.79 Å². The summed E-state index contributed by atoms with van der Waals surface area (Å²) >= 11 is 0. The summed E-state index contributed by atoms with van der Waals surface area (Å²) in [5.41, 5.74) is 3.70. The number of rotatable bonds is 4. The Labute approximate surface area is 123 Å². The molecule has 0 saturated carbocycles. The molecule has 2 aromatic carbocycles. The fourth-order valence-electron chi connectivity index (χ4n) is 2.28. The minimum atomic E-state index is 0.0410. The van der Waals surface area contributed by atoms with Crippen LogP contribution in [0.1, 0.15) is 19.8 Å². The van der Waals surface area contributed by atoms with Gasteiger partial charge in [-0.25, -0.2) is 4.98 Å². The Kier molecular flexibility index (Phi) is 3.69. The van der Waals surface area contributed by atoms with E-state index in [2.05, 4.69) is 15.3 Å². The molecule has 0 spiro atoms. The number of nitrogens with zero attached hydrogens (tertiary/aromatic N) is 1. The van der Waals surface area contributed by atoms with Crippen molar-refractivity contribution in [1.82, 2.24) is 9.97 Å². The van der Waals surface area contributed by atoms with Gasteiger partial charge in [0.05, 0.1) is 11.0 Å². The van der Waals surface area contributed by atoms with Crippen LogP contribution in [0.2, 0.25) is 0 Å². The van der Waals surface area contributed by atoms with Crippen LogP contribution in [-0.4, -0.2) is 15.9 Å². The van der Waals surface area contributed by atoms with E-state index in [1.807, 2.05) is 55.5 Å². The van der Waals surface area contributed by atoms with E-state index in [4.69, 9.17) is 0 Å². The Morgan fingerprint density at radius 2 is 2.05 bits per heavy atom. The van der Waals surface area contributed by atoms with Crippen molar-refractivity contribution in [2.45, 2.75) is 19.8 Å². The van der Waals surface area contributed by atoms with Crippen LogP contribution < -0.4 is 5.32 Å². The minimum absolute atomic E-state index is 0.0410. The number of imidazole rings is 1. The molecule has 0 unspecified atom stereocenters. The second-order valence-electron chi connectivity index (χ2n) is 4.98. The Morgan fingerprint density at radius 3 is 2.86 bits per heavy atom. The third-order valence-corrected chi connectivity index (χ3v) is 3.29. The normalized spacial score (nSPS) is 10.7. The number of amides is 1. The third-order valence-electron chi connectivity index (χ3n) is 3.29. The summed E-state index contributed by atoms with van der Waals surface area (Å²) in [5.74, 6) is 0.849. The number of anilines is 1. The number of nitrogens with one attached hydrogen (secondary N) is 2. The molecular weight excluding hydrogens is 262 g/mol. The number of carbonyl (C=O) groups is 1. The van der Waals surface area contributed by atoms with Gasteiger partial charge in [0.2, 0.25) is 5.91 Å². The Balaban J connectivity index is 1.90. The first-order valence-electron chi connectivity index (χ1n) is 7.11. The molecule has 3 aromatic rings. The first kappa shape index (κ1) is 13.4. The average Bonchev–Trinajstić information content (AvgIpc) is 2.91. The molecule has 4 nitrogen and oxygen atoms in total. The quantitative estimate of drug-likeness (QED) is 0.759. The minimum Gasteiger partial charge on any atom is -0.338 e. The number of carbonyl (C=O) groups excluding carboxylic acids is 1. The standard InChI is InChI=1S/C17H17N3O/c1-2-6-16(21)18-13-8-5-7-12(11-13)17-19-14-9-3-4-10-15(14)20-17/h3-5,7-11H,2,6H2,1H3,(H,18,21)(H,19,20). The first-order chi connectivity index (χ1) is 10.3. The zero-order valence-electron chi connectivity index (χ0n) is 11.9. The number of benzene rings is 2. The van der Waals surface area contributed by atoms with Crippen LogP contribution in [-0.2, 0) is 4.79 Å². The number of aromatic amines is 1. The van der Waals surface area contributed by atoms with Gasteiger partial charge in [-0.05, 0) is 30.7 Å². The highest BCUT2D eigenvalue weighted by atomic mass is 16.1. The van der Waals surface area contributed by atoms with Gasteiger partial charge < -0.3 is 10.3 Å². The van der Waals surface area contributed by atoms with Crippen molar-refractivity contribution in [2.75, 3.05) is 5.32 Å². The van der Waals surface area contributed by atoms with Gasteiger partial charge in [0.25, 0.3) is 0 Å². The molecule has 0 radical (unpaired) electrons. The molecule has 0 saturated heterocycles. The smallest absolute Gasteiger partial charge is 0.224 e. The second-order valence-corrected chi connectivity index (χ2v) is 4.98. The van der Waals surface area contributed by atoms with Crippen LogP contribution in [0.4, 0.5) is 5.69 Å². The average molecular weight is 279 g/mol. The summed E-state index contributed by atoms with van der Waals surface area (Å²) in [6.45, 7) is 1.99. The van der Waals surface area contributed by atoms with Gasteiger partial charge in [-0.15, -0.1) is 0 Å². The Morgan fingerprint density at radius 1 is 1.19 bits per heavy atom. The van der Waals surface area contributed by atoms with Crippen LogP contribution in [0.3, 0.4) is 0 Å². The van der Waals surface area contributed by atoms with Crippen LogP contribution in [0, 0.1) is 0 Å². The summed E-state index contributed by atoms with van der Waals surface area (Å²) in [4.78, 5) is 19.5. The van der Waals surface area contributed by atoms with E-state index >= 15 is 0 Å². The van der Waals surface area contributed by atoms with Crippen molar-refractivity contribution in [2.24, 2.45) is 0 Å². The first-order valence-corrected chi connectivity index (χ1v) is 7.11. The third kappa shape index (κ3) is 2.94. The molecule has 2 N–H and O–H groups in total. The molecule has 1 aromatic heterocycles. The van der Waals surface area contributed by atoms with Gasteiger partial charge in [-0.2, -0.15) is 0 Å². The van der Waals surface area contributed by atoms with Crippen molar-refractivity contribution >= 4 is 22.6 Å². The lowest BCUT2D eigenvalue weighted by molar-refractivity contribution is -0.116. The Bertz CT molecular complexity index is 743. The molecule has 0 fully saturated rings. The molecule has 0 aliphatic carbocycles. The van der Waals surface area contributed by atoms with E-state index < -0.39 is 0 Å². The fourth-order valence-corrected chi connectivity index (χ4v) is 2.28. The molecule has 21 heavy (non-hydrogen) atoms. The second kappa shape index (κ2) is 5.79. The number of fused-ring (bicyclic) bond motifs is 1. The predicted octanol–water partition coefficient (Wildman–Crippen LogP) is 3.97. The maximum atomic E-state index is 11.7. The fraction of sp³-hybridized carbons (Fsp3) is 0.176. The molecule has 106 valence electrons. The molecule has 3 rings (SSSR count). The SMILES string of the molecule is CCCC(=O)Nc1cccc(-c2nc3ccccc3[nH]2)c1. The largest absolute Gasteiger partial charge is 0.338 e. The van der Waals surface area contributed by atoms with E-state index in [1.54, 1.807) is 0 Å². The zero-order chi connectivity index (χ0) is 14.7. The lowest BCUT2D eigenvalue weighted by atomic mass is 10.2. The number of para-hydroxylation sites is 2. The number of hydrogen-bond donors (Lipinski definition) is 2. The summed E-state index contributed by atoms with van der Waals surface area (Å²) in [6, 6.07) is 15.6. The number of aromatic nitrogens is 2. The molecular formula is C17H17N3O.